The molecule has 1 aliphatic rings. The zero-order chi connectivity index (χ0) is 17.0. The highest BCUT2D eigenvalue weighted by Gasteiger charge is 2.43. The Morgan fingerprint density at radius 2 is 2.22 bits per heavy atom. The Kier molecular flexibility index (Phi) is 5.60. The molecule has 0 spiro atoms. The molecule has 0 radical (unpaired) electrons. The standard InChI is InChI=1S/C12H16FN3O7/c13-3-1-8(18)23-15-7-2-4-16(12(21)14-7)11-10(20)9(19)6(5-17)22-11/h2,4,6,9-11,17,19-20H,1,3,5H2,(H,14,15,21)/t6-,9-,10-,11-/m1/s1. The fraction of sp³-hybridized carbons (Fsp3) is 0.583. The van der Waals surface area contributed by atoms with E-state index in [0.29, 0.717) is 0 Å². The number of rotatable bonds is 6. The highest BCUT2D eigenvalue weighted by Crippen LogP contribution is 2.28. The van der Waals surface area contributed by atoms with Crippen molar-refractivity contribution in [1.29, 1.82) is 0 Å². The minimum Gasteiger partial charge on any atom is -0.394 e. The van der Waals surface area contributed by atoms with E-state index in [-0.39, 0.29) is 5.82 Å². The zero-order valence-corrected chi connectivity index (χ0v) is 11.8. The third-order valence-electron chi connectivity index (χ3n) is 3.19. The van der Waals surface area contributed by atoms with Gasteiger partial charge in [0.2, 0.25) is 0 Å². The maximum atomic E-state index is 11.9. The maximum Gasteiger partial charge on any atom is 0.351 e. The van der Waals surface area contributed by atoms with Crippen LogP contribution in [-0.4, -0.2) is 62.4 Å². The number of nitrogens with zero attached hydrogens (tertiary/aromatic N) is 2. The van der Waals surface area contributed by atoms with Crippen LogP contribution in [0.1, 0.15) is 12.6 Å². The summed E-state index contributed by atoms with van der Waals surface area (Å²) in [5.74, 6) is -0.966. The third-order valence-corrected chi connectivity index (χ3v) is 3.19. The van der Waals surface area contributed by atoms with Gasteiger partial charge in [-0.2, -0.15) is 4.98 Å². The number of carbonyl (C=O) groups excluding carboxylic acids is 1. The number of carbonyl (C=O) groups is 1. The molecule has 1 saturated heterocycles. The van der Waals surface area contributed by atoms with Crippen molar-refractivity contribution >= 4 is 11.8 Å². The minimum atomic E-state index is -1.42. The smallest absolute Gasteiger partial charge is 0.351 e. The van der Waals surface area contributed by atoms with Crippen LogP contribution >= 0.6 is 0 Å². The van der Waals surface area contributed by atoms with Crippen LogP contribution in [0.3, 0.4) is 0 Å². The van der Waals surface area contributed by atoms with Crippen molar-refractivity contribution in [3.63, 3.8) is 0 Å². The molecule has 0 aromatic carbocycles. The summed E-state index contributed by atoms with van der Waals surface area (Å²) in [5.41, 5.74) is 1.24. The van der Waals surface area contributed by atoms with E-state index in [4.69, 9.17) is 9.84 Å². The minimum absolute atomic E-state index is 0.106. The molecule has 1 aliphatic heterocycles. The lowest BCUT2D eigenvalue weighted by molar-refractivity contribution is -0.140. The van der Waals surface area contributed by atoms with E-state index in [1.165, 1.54) is 12.3 Å². The van der Waals surface area contributed by atoms with Crippen LogP contribution in [0.25, 0.3) is 0 Å². The van der Waals surface area contributed by atoms with Gasteiger partial charge in [-0.05, 0) is 0 Å². The molecule has 0 bridgehead atoms. The van der Waals surface area contributed by atoms with Crippen molar-refractivity contribution in [1.82, 2.24) is 9.55 Å². The second kappa shape index (κ2) is 7.46. The Morgan fingerprint density at radius 1 is 1.48 bits per heavy atom. The summed E-state index contributed by atoms with van der Waals surface area (Å²) < 4.78 is 18.0. The third kappa shape index (κ3) is 3.82. The van der Waals surface area contributed by atoms with Crippen molar-refractivity contribution in [3.8, 4) is 0 Å². The number of alkyl halides is 1. The summed E-state index contributed by atoms with van der Waals surface area (Å²) in [6.45, 7) is -1.40. The van der Waals surface area contributed by atoms with Crippen molar-refractivity contribution < 1.29 is 34.1 Å². The number of hydrogen-bond donors (Lipinski definition) is 4. The fourth-order valence-corrected chi connectivity index (χ4v) is 2.01. The number of aliphatic hydroxyl groups excluding tert-OH is 3. The molecule has 2 rings (SSSR count). The number of ether oxygens (including phenoxy) is 1. The summed E-state index contributed by atoms with van der Waals surface area (Å²) in [5, 5.41) is 28.5. The Bertz CT molecular complexity index is 611. The Morgan fingerprint density at radius 3 is 2.78 bits per heavy atom. The van der Waals surface area contributed by atoms with Gasteiger partial charge in [-0.1, -0.05) is 0 Å². The van der Waals surface area contributed by atoms with Crippen molar-refractivity contribution in [2.45, 2.75) is 31.0 Å². The van der Waals surface area contributed by atoms with Gasteiger partial charge in [-0.15, -0.1) is 0 Å². The van der Waals surface area contributed by atoms with Gasteiger partial charge in [-0.3, -0.25) is 8.96 Å². The first-order valence-corrected chi connectivity index (χ1v) is 6.71. The van der Waals surface area contributed by atoms with Crippen LogP contribution in [0.15, 0.2) is 17.1 Å². The molecular weight excluding hydrogens is 317 g/mol. The molecule has 0 aliphatic carbocycles. The number of hydrogen-bond acceptors (Lipinski definition) is 9. The fourth-order valence-electron chi connectivity index (χ4n) is 2.01. The first-order chi connectivity index (χ1) is 11.0. The SMILES string of the molecule is O=C(CCF)ONc1ccn([C@@H]2O[C@H](CO)[C@@H](O)[C@H]2O)c(=O)n1. The molecule has 128 valence electrons. The van der Waals surface area contributed by atoms with E-state index in [0.717, 1.165) is 4.57 Å². The van der Waals surface area contributed by atoms with Gasteiger partial charge in [-0.25, -0.2) is 15.1 Å². The molecule has 10 nitrogen and oxygen atoms in total. The first kappa shape index (κ1) is 17.3. The van der Waals surface area contributed by atoms with Gasteiger partial charge in [0.15, 0.2) is 12.0 Å². The monoisotopic (exact) mass is 333 g/mol. The molecule has 4 N–H and O–H groups in total. The van der Waals surface area contributed by atoms with Crippen molar-refractivity contribution in [2.75, 3.05) is 18.8 Å². The molecule has 1 aromatic heterocycles. The largest absolute Gasteiger partial charge is 0.394 e. The van der Waals surface area contributed by atoms with E-state index in [9.17, 15) is 24.2 Å². The molecule has 1 fully saturated rings. The lowest BCUT2D eigenvalue weighted by Gasteiger charge is -2.17. The van der Waals surface area contributed by atoms with E-state index < -0.39 is 55.9 Å². The molecule has 4 atom stereocenters. The quantitative estimate of drug-likeness (QED) is 0.438. The number of aromatic nitrogens is 2. The van der Waals surface area contributed by atoms with Gasteiger partial charge < -0.3 is 24.9 Å². The van der Waals surface area contributed by atoms with Crippen LogP contribution < -0.4 is 11.2 Å². The number of nitrogens with one attached hydrogen (secondary N) is 1. The Labute approximate surface area is 129 Å². The van der Waals surface area contributed by atoms with E-state index in [2.05, 4.69) is 15.3 Å². The predicted octanol–water partition coefficient (Wildman–Crippen LogP) is -1.92. The summed E-state index contributed by atoms with van der Waals surface area (Å²) >= 11 is 0. The lowest BCUT2D eigenvalue weighted by atomic mass is 10.1. The predicted molar refractivity (Wildman–Crippen MR) is 71.8 cm³/mol. The Balaban J connectivity index is 2.08. The van der Waals surface area contributed by atoms with Crippen molar-refractivity contribution in [2.24, 2.45) is 0 Å². The highest BCUT2D eigenvalue weighted by molar-refractivity contribution is 5.70. The van der Waals surface area contributed by atoms with Crippen LogP contribution in [-0.2, 0) is 14.4 Å². The summed E-state index contributed by atoms with van der Waals surface area (Å²) in [6.07, 6.45) is -4.26. The molecule has 1 aromatic rings. The molecule has 11 heteroatoms. The van der Waals surface area contributed by atoms with E-state index in [1.54, 1.807) is 0 Å². The van der Waals surface area contributed by atoms with Crippen LogP contribution in [0, 0.1) is 0 Å². The van der Waals surface area contributed by atoms with Gasteiger partial charge >= 0.3 is 11.7 Å². The summed E-state index contributed by atoms with van der Waals surface area (Å²) in [6, 6.07) is 1.25. The normalized spacial score (nSPS) is 27.0. The zero-order valence-electron chi connectivity index (χ0n) is 11.8. The van der Waals surface area contributed by atoms with Crippen molar-refractivity contribution in [3.05, 3.63) is 22.7 Å². The highest BCUT2D eigenvalue weighted by atomic mass is 19.1. The molecule has 23 heavy (non-hydrogen) atoms. The first-order valence-electron chi connectivity index (χ1n) is 6.71. The average Bonchev–Trinajstić information content (AvgIpc) is 2.81. The molecule has 0 saturated carbocycles. The second-order valence-electron chi connectivity index (χ2n) is 4.75. The van der Waals surface area contributed by atoms with Gasteiger partial charge in [0.1, 0.15) is 18.3 Å². The lowest BCUT2D eigenvalue weighted by Crippen LogP contribution is -2.36. The van der Waals surface area contributed by atoms with Gasteiger partial charge in [0, 0.05) is 12.3 Å². The number of halogens is 1. The summed E-state index contributed by atoms with van der Waals surface area (Å²) in [7, 11) is 0. The van der Waals surface area contributed by atoms with Crippen LogP contribution in [0.2, 0.25) is 0 Å². The van der Waals surface area contributed by atoms with Gasteiger partial charge in [0.25, 0.3) is 0 Å². The number of aliphatic hydroxyl groups is 3. The molecule has 0 unspecified atom stereocenters. The van der Waals surface area contributed by atoms with Gasteiger partial charge in [0.05, 0.1) is 19.7 Å². The van der Waals surface area contributed by atoms with E-state index >= 15 is 0 Å². The maximum absolute atomic E-state index is 11.9. The molecule has 0 amide bonds. The average molecular weight is 333 g/mol. The number of anilines is 1. The van der Waals surface area contributed by atoms with E-state index in [1.807, 2.05) is 0 Å². The van der Waals surface area contributed by atoms with Crippen LogP contribution in [0.5, 0.6) is 0 Å². The summed E-state index contributed by atoms with van der Waals surface area (Å²) in [4.78, 5) is 30.9. The molecular formula is C12H16FN3O7. The topological polar surface area (TPSA) is 143 Å². The van der Waals surface area contributed by atoms with Crippen LogP contribution in [0.4, 0.5) is 10.2 Å². The molecule has 2 heterocycles. The Hall–Kier alpha value is -2.08. The second-order valence-corrected chi connectivity index (χ2v) is 4.75.